The highest BCUT2D eigenvalue weighted by atomic mass is 16.5. The molecule has 1 aromatic heterocycles. The molecule has 1 aromatic rings. The van der Waals surface area contributed by atoms with Crippen molar-refractivity contribution in [2.24, 2.45) is 0 Å². The predicted molar refractivity (Wildman–Crippen MR) is 84.8 cm³/mol. The van der Waals surface area contributed by atoms with E-state index in [1.807, 2.05) is 12.1 Å². The van der Waals surface area contributed by atoms with Crippen molar-refractivity contribution in [1.82, 2.24) is 15.2 Å². The van der Waals surface area contributed by atoms with Gasteiger partial charge in [-0.1, -0.05) is 19.3 Å². The maximum atomic E-state index is 11.6. The summed E-state index contributed by atoms with van der Waals surface area (Å²) in [5, 5.41) is 2.61. The van der Waals surface area contributed by atoms with Gasteiger partial charge in [0.25, 0.3) is 5.91 Å². The van der Waals surface area contributed by atoms with E-state index in [0.29, 0.717) is 11.6 Å². The molecule has 2 fully saturated rings. The van der Waals surface area contributed by atoms with Crippen molar-refractivity contribution < 1.29 is 9.53 Å². The molecule has 1 aliphatic heterocycles. The Morgan fingerprint density at radius 3 is 2.82 bits per heavy atom. The van der Waals surface area contributed by atoms with Crippen LogP contribution >= 0.6 is 0 Å². The number of carbonyl (C=O) groups is 1. The molecule has 1 saturated heterocycles. The summed E-state index contributed by atoms with van der Waals surface area (Å²) in [6.07, 6.45) is 8.38. The van der Waals surface area contributed by atoms with Crippen LogP contribution in [-0.4, -0.2) is 48.6 Å². The fourth-order valence-corrected chi connectivity index (χ4v) is 3.50. The average Bonchev–Trinajstić information content (AvgIpc) is 2.62. The molecule has 22 heavy (non-hydrogen) atoms. The number of amides is 1. The molecule has 1 saturated carbocycles. The van der Waals surface area contributed by atoms with E-state index < -0.39 is 0 Å². The molecule has 3 rings (SSSR count). The Morgan fingerprint density at radius 2 is 2.14 bits per heavy atom. The Morgan fingerprint density at radius 1 is 1.32 bits per heavy atom. The van der Waals surface area contributed by atoms with E-state index >= 15 is 0 Å². The number of aromatic nitrogens is 1. The van der Waals surface area contributed by atoms with Crippen molar-refractivity contribution in [2.45, 2.75) is 44.2 Å². The van der Waals surface area contributed by atoms with Gasteiger partial charge in [-0.2, -0.15) is 0 Å². The molecule has 0 bridgehead atoms. The second kappa shape index (κ2) is 7.20. The van der Waals surface area contributed by atoms with Gasteiger partial charge < -0.3 is 10.1 Å². The van der Waals surface area contributed by atoms with Crippen LogP contribution in [0.4, 0.5) is 0 Å². The minimum absolute atomic E-state index is 0.0226. The Kier molecular flexibility index (Phi) is 5.05. The molecule has 5 heteroatoms. The lowest BCUT2D eigenvalue weighted by Crippen LogP contribution is -2.45. The molecule has 5 nitrogen and oxygen atoms in total. The third-order valence-electron chi connectivity index (χ3n) is 4.79. The summed E-state index contributed by atoms with van der Waals surface area (Å²) in [5.41, 5.74) is 1.51. The fourth-order valence-electron chi connectivity index (χ4n) is 3.50. The molecule has 0 aromatic carbocycles. The monoisotopic (exact) mass is 303 g/mol. The lowest BCUT2D eigenvalue weighted by atomic mass is 9.93. The number of nitrogens with zero attached hydrogens (tertiary/aromatic N) is 2. The van der Waals surface area contributed by atoms with Crippen LogP contribution in [0.5, 0.6) is 0 Å². The van der Waals surface area contributed by atoms with Crippen LogP contribution in [0.15, 0.2) is 18.3 Å². The quantitative estimate of drug-likeness (QED) is 0.929. The topological polar surface area (TPSA) is 54.5 Å². The van der Waals surface area contributed by atoms with Crippen LogP contribution in [0.3, 0.4) is 0 Å². The number of pyridine rings is 1. The summed E-state index contributed by atoms with van der Waals surface area (Å²) in [6.45, 7) is 2.70. The SMILES string of the molecule is CNC(=O)c1ccc(C2CN(C3CCCCC3)CCO2)nc1. The second-order valence-corrected chi connectivity index (χ2v) is 6.20. The van der Waals surface area contributed by atoms with E-state index in [1.165, 1.54) is 32.1 Å². The standard InChI is InChI=1S/C17H25N3O2/c1-18-17(21)13-7-8-15(19-11-13)16-12-20(9-10-22-16)14-5-3-2-4-6-14/h7-8,11,14,16H,2-6,9-10,12H2,1H3,(H,18,21). The molecule has 120 valence electrons. The van der Waals surface area contributed by atoms with Crippen molar-refractivity contribution >= 4 is 5.91 Å². The van der Waals surface area contributed by atoms with E-state index in [9.17, 15) is 4.79 Å². The van der Waals surface area contributed by atoms with Gasteiger partial charge in [0.1, 0.15) is 6.10 Å². The number of rotatable bonds is 3. The third-order valence-corrected chi connectivity index (χ3v) is 4.79. The normalized spacial score (nSPS) is 24.1. The number of nitrogens with one attached hydrogen (secondary N) is 1. The summed E-state index contributed by atoms with van der Waals surface area (Å²) in [5.74, 6) is -0.104. The first-order chi connectivity index (χ1) is 10.8. The molecular weight excluding hydrogens is 278 g/mol. The predicted octanol–water partition coefficient (Wildman–Crippen LogP) is 2.15. The lowest BCUT2D eigenvalue weighted by Gasteiger charge is -2.39. The fraction of sp³-hybridized carbons (Fsp3) is 0.647. The largest absolute Gasteiger partial charge is 0.369 e. The van der Waals surface area contributed by atoms with Crippen LogP contribution in [0, 0.1) is 0 Å². The van der Waals surface area contributed by atoms with Gasteiger partial charge in [-0.05, 0) is 25.0 Å². The van der Waals surface area contributed by atoms with E-state index in [-0.39, 0.29) is 12.0 Å². The van der Waals surface area contributed by atoms with Gasteiger partial charge in [-0.15, -0.1) is 0 Å². The van der Waals surface area contributed by atoms with Crippen LogP contribution < -0.4 is 5.32 Å². The zero-order valence-corrected chi connectivity index (χ0v) is 13.3. The lowest BCUT2D eigenvalue weighted by molar-refractivity contribution is -0.0516. The number of carbonyl (C=O) groups excluding carboxylic acids is 1. The van der Waals surface area contributed by atoms with Gasteiger partial charge in [0.15, 0.2) is 0 Å². The highest BCUT2D eigenvalue weighted by molar-refractivity contribution is 5.93. The Labute approximate surface area is 132 Å². The van der Waals surface area contributed by atoms with Crippen molar-refractivity contribution in [1.29, 1.82) is 0 Å². The molecule has 1 unspecified atom stereocenters. The van der Waals surface area contributed by atoms with E-state index in [1.54, 1.807) is 13.2 Å². The molecule has 2 heterocycles. The Balaban J connectivity index is 1.65. The van der Waals surface area contributed by atoms with Gasteiger partial charge in [0.05, 0.1) is 17.9 Å². The van der Waals surface area contributed by atoms with Crippen molar-refractivity contribution in [3.05, 3.63) is 29.6 Å². The van der Waals surface area contributed by atoms with Crippen LogP contribution in [0.25, 0.3) is 0 Å². The van der Waals surface area contributed by atoms with Gasteiger partial charge in [0.2, 0.25) is 0 Å². The Hall–Kier alpha value is -1.46. The van der Waals surface area contributed by atoms with Crippen molar-refractivity contribution in [3.63, 3.8) is 0 Å². The van der Waals surface area contributed by atoms with Crippen LogP contribution in [0.2, 0.25) is 0 Å². The average molecular weight is 303 g/mol. The van der Waals surface area contributed by atoms with Crippen molar-refractivity contribution in [2.75, 3.05) is 26.7 Å². The van der Waals surface area contributed by atoms with E-state index in [2.05, 4.69) is 15.2 Å². The summed E-state index contributed by atoms with van der Waals surface area (Å²) in [4.78, 5) is 18.6. The van der Waals surface area contributed by atoms with E-state index in [0.717, 1.165) is 25.4 Å². The minimum atomic E-state index is -0.104. The molecule has 0 radical (unpaired) electrons. The molecule has 2 aliphatic rings. The summed E-state index contributed by atoms with van der Waals surface area (Å²) < 4.78 is 5.91. The first kappa shape index (κ1) is 15.4. The Bertz CT molecular complexity index is 497. The summed E-state index contributed by atoms with van der Waals surface area (Å²) >= 11 is 0. The maximum absolute atomic E-state index is 11.6. The zero-order chi connectivity index (χ0) is 15.4. The highest BCUT2D eigenvalue weighted by Crippen LogP contribution is 2.28. The number of hydrogen-bond acceptors (Lipinski definition) is 4. The third kappa shape index (κ3) is 3.47. The minimum Gasteiger partial charge on any atom is -0.369 e. The summed E-state index contributed by atoms with van der Waals surface area (Å²) in [7, 11) is 1.63. The zero-order valence-electron chi connectivity index (χ0n) is 13.3. The van der Waals surface area contributed by atoms with E-state index in [4.69, 9.17) is 4.74 Å². The van der Waals surface area contributed by atoms with Crippen LogP contribution in [-0.2, 0) is 4.74 Å². The van der Waals surface area contributed by atoms with Gasteiger partial charge in [0, 0.05) is 32.4 Å². The maximum Gasteiger partial charge on any atom is 0.252 e. The first-order valence-corrected chi connectivity index (χ1v) is 8.31. The molecule has 0 spiro atoms. The number of morpholine rings is 1. The van der Waals surface area contributed by atoms with Crippen molar-refractivity contribution in [3.8, 4) is 0 Å². The molecule has 1 atom stereocenters. The molecule has 1 aliphatic carbocycles. The smallest absolute Gasteiger partial charge is 0.252 e. The second-order valence-electron chi connectivity index (χ2n) is 6.20. The highest BCUT2D eigenvalue weighted by Gasteiger charge is 2.28. The van der Waals surface area contributed by atoms with Gasteiger partial charge in [-0.3, -0.25) is 14.7 Å². The number of hydrogen-bond donors (Lipinski definition) is 1. The molecule has 1 amide bonds. The molecular formula is C17H25N3O2. The van der Waals surface area contributed by atoms with Gasteiger partial charge >= 0.3 is 0 Å². The van der Waals surface area contributed by atoms with Gasteiger partial charge in [-0.25, -0.2) is 0 Å². The number of ether oxygens (including phenoxy) is 1. The summed E-state index contributed by atoms with van der Waals surface area (Å²) in [6, 6.07) is 4.45. The van der Waals surface area contributed by atoms with Crippen LogP contribution in [0.1, 0.15) is 54.3 Å². The molecule has 1 N–H and O–H groups in total. The first-order valence-electron chi connectivity index (χ1n) is 8.31.